The second-order valence-corrected chi connectivity index (χ2v) is 5.13. The van der Waals surface area contributed by atoms with Crippen molar-refractivity contribution >= 4 is 17.3 Å². The average Bonchev–Trinajstić information content (AvgIpc) is 2.60. The van der Waals surface area contributed by atoms with Crippen LogP contribution in [0.4, 0.5) is 11.4 Å². The first-order chi connectivity index (χ1) is 9.63. The van der Waals surface area contributed by atoms with Crippen LogP contribution in [0.2, 0.25) is 0 Å². The summed E-state index contributed by atoms with van der Waals surface area (Å²) in [6.07, 6.45) is 1.89. The second kappa shape index (κ2) is 6.50. The van der Waals surface area contributed by atoms with E-state index in [1.54, 1.807) is 4.90 Å². The predicted octanol–water partition coefficient (Wildman–Crippen LogP) is 1.73. The van der Waals surface area contributed by atoms with E-state index in [1.165, 1.54) is 0 Å². The van der Waals surface area contributed by atoms with E-state index in [0.717, 1.165) is 31.6 Å². The molecule has 20 heavy (non-hydrogen) atoms. The molecule has 5 nitrogen and oxygen atoms in total. The Balaban J connectivity index is 2.21. The van der Waals surface area contributed by atoms with Crippen LogP contribution in [0.3, 0.4) is 0 Å². The number of nitrogens with two attached hydrogens (primary N) is 1. The standard InChI is InChI=1S/C15H23N3O2/c1-3-10-20-13-7-4-6-12(15(13)16)18-9-5-8-17(2)14(19)11-18/h4,6-7H,3,5,8-11,16H2,1-2H3. The third kappa shape index (κ3) is 3.15. The minimum atomic E-state index is 0.127. The van der Waals surface area contributed by atoms with E-state index in [2.05, 4.69) is 6.92 Å². The van der Waals surface area contributed by atoms with Gasteiger partial charge in [-0.15, -0.1) is 0 Å². The molecule has 2 N–H and O–H groups in total. The van der Waals surface area contributed by atoms with Gasteiger partial charge in [-0.3, -0.25) is 4.79 Å². The number of nitrogens with zero attached hydrogens (tertiary/aromatic N) is 2. The fourth-order valence-electron chi connectivity index (χ4n) is 2.34. The molecule has 1 aromatic rings. The smallest absolute Gasteiger partial charge is 0.241 e. The molecule has 0 saturated carbocycles. The lowest BCUT2D eigenvalue weighted by Gasteiger charge is -2.24. The highest BCUT2D eigenvalue weighted by Gasteiger charge is 2.21. The number of likely N-dealkylation sites (N-methyl/N-ethyl adjacent to an activating group) is 1. The molecular formula is C15H23N3O2. The Morgan fingerprint density at radius 2 is 2.15 bits per heavy atom. The molecule has 0 aliphatic carbocycles. The van der Waals surface area contributed by atoms with Gasteiger partial charge in [0.15, 0.2) is 0 Å². The molecule has 0 bridgehead atoms. The summed E-state index contributed by atoms with van der Waals surface area (Å²) in [5, 5.41) is 0. The Bertz CT molecular complexity index is 476. The molecule has 1 aliphatic rings. The molecule has 0 radical (unpaired) electrons. The van der Waals surface area contributed by atoms with Crippen molar-refractivity contribution in [1.29, 1.82) is 0 Å². The first-order valence-electron chi connectivity index (χ1n) is 7.13. The summed E-state index contributed by atoms with van der Waals surface area (Å²) < 4.78 is 5.65. The van der Waals surface area contributed by atoms with Crippen molar-refractivity contribution in [2.75, 3.05) is 43.9 Å². The highest BCUT2D eigenvalue weighted by Crippen LogP contribution is 2.32. The molecular weight excluding hydrogens is 254 g/mol. The van der Waals surface area contributed by atoms with Gasteiger partial charge in [0.2, 0.25) is 5.91 Å². The van der Waals surface area contributed by atoms with E-state index in [0.29, 0.717) is 24.6 Å². The van der Waals surface area contributed by atoms with E-state index in [9.17, 15) is 4.79 Å². The molecule has 1 aromatic carbocycles. The maximum Gasteiger partial charge on any atom is 0.241 e. The Morgan fingerprint density at radius 1 is 1.35 bits per heavy atom. The van der Waals surface area contributed by atoms with Crippen molar-refractivity contribution in [2.45, 2.75) is 19.8 Å². The van der Waals surface area contributed by atoms with Crippen LogP contribution in [0.1, 0.15) is 19.8 Å². The molecule has 1 fully saturated rings. The van der Waals surface area contributed by atoms with E-state index in [4.69, 9.17) is 10.5 Å². The van der Waals surface area contributed by atoms with Crippen molar-refractivity contribution in [3.05, 3.63) is 18.2 Å². The van der Waals surface area contributed by atoms with E-state index in [1.807, 2.05) is 30.1 Å². The number of carbonyl (C=O) groups is 1. The van der Waals surface area contributed by atoms with E-state index >= 15 is 0 Å². The highest BCUT2D eigenvalue weighted by atomic mass is 16.5. The zero-order chi connectivity index (χ0) is 14.5. The molecule has 0 atom stereocenters. The van der Waals surface area contributed by atoms with Crippen molar-refractivity contribution in [1.82, 2.24) is 4.90 Å². The summed E-state index contributed by atoms with van der Waals surface area (Å²) in [6.45, 7) is 4.70. The molecule has 0 aromatic heterocycles. The summed E-state index contributed by atoms with van der Waals surface area (Å²) >= 11 is 0. The summed E-state index contributed by atoms with van der Waals surface area (Å²) in [5.74, 6) is 0.830. The van der Waals surface area contributed by atoms with Crippen LogP contribution in [0, 0.1) is 0 Å². The third-order valence-corrected chi connectivity index (χ3v) is 3.52. The number of nitrogen functional groups attached to an aromatic ring is 1. The topological polar surface area (TPSA) is 58.8 Å². The lowest BCUT2D eigenvalue weighted by atomic mass is 10.2. The molecule has 1 heterocycles. The van der Waals surface area contributed by atoms with Crippen LogP contribution in [0.25, 0.3) is 0 Å². The van der Waals surface area contributed by atoms with Crippen LogP contribution in [0.15, 0.2) is 18.2 Å². The Morgan fingerprint density at radius 3 is 2.90 bits per heavy atom. The molecule has 2 rings (SSSR count). The van der Waals surface area contributed by atoms with Crippen LogP contribution >= 0.6 is 0 Å². The van der Waals surface area contributed by atoms with Gasteiger partial charge in [0.1, 0.15) is 5.75 Å². The lowest BCUT2D eigenvalue weighted by Crippen LogP contribution is -2.34. The van der Waals surface area contributed by atoms with Gasteiger partial charge in [-0.1, -0.05) is 13.0 Å². The molecule has 1 aliphatic heterocycles. The number of hydrogen-bond donors (Lipinski definition) is 1. The Labute approximate surface area is 120 Å². The van der Waals surface area contributed by atoms with Crippen molar-refractivity contribution in [3.8, 4) is 5.75 Å². The van der Waals surface area contributed by atoms with Crippen molar-refractivity contribution in [2.24, 2.45) is 0 Å². The van der Waals surface area contributed by atoms with Gasteiger partial charge in [-0.2, -0.15) is 0 Å². The van der Waals surface area contributed by atoms with Gasteiger partial charge in [0.05, 0.1) is 24.5 Å². The number of carbonyl (C=O) groups excluding carboxylic acids is 1. The zero-order valence-electron chi connectivity index (χ0n) is 12.3. The van der Waals surface area contributed by atoms with E-state index in [-0.39, 0.29) is 5.91 Å². The Hall–Kier alpha value is -1.91. The summed E-state index contributed by atoms with van der Waals surface area (Å²) in [6, 6.07) is 5.75. The zero-order valence-corrected chi connectivity index (χ0v) is 12.3. The average molecular weight is 277 g/mol. The molecule has 5 heteroatoms. The number of rotatable bonds is 4. The van der Waals surface area contributed by atoms with Gasteiger partial charge in [0, 0.05) is 20.1 Å². The van der Waals surface area contributed by atoms with Crippen molar-refractivity contribution in [3.63, 3.8) is 0 Å². The SMILES string of the molecule is CCCOc1cccc(N2CCCN(C)C(=O)C2)c1N. The van der Waals surface area contributed by atoms with Gasteiger partial charge in [-0.05, 0) is 25.0 Å². The predicted molar refractivity (Wildman–Crippen MR) is 81.1 cm³/mol. The Kier molecular flexibility index (Phi) is 4.71. The van der Waals surface area contributed by atoms with E-state index < -0.39 is 0 Å². The highest BCUT2D eigenvalue weighted by molar-refractivity contribution is 5.84. The normalized spacial score (nSPS) is 16.2. The largest absolute Gasteiger partial charge is 0.491 e. The molecule has 0 spiro atoms. The summed E-state index contributed by atoms with van der Waals surface area (Å²) in [5.41, 5.74) is 7.71. The molecule has 1 amide bonds. The fourth-order valence-corrected chi connectivity index (χ4v) is 2.34. The third-order valence-electron chi connectivity index (χ3n) is 3.52. The second-order valence-electron chi connectivity index (χ2n) is 5.13. The van der Waals surface area contributed by atoms with Crippen molar-refractivity contribution < 1.29 is 9.53 Å². The summed E-state index contributed by atoms with van der Waals surface area (Å²) in [7, 11) is 1.84. The van der Waals surface area contributed by atoms with Crippen LogP contribution in [0.5, 0.6) is 5.75 Å². The number of hydrogen-bond acceptors (Lipinski definition) is 4. The van der Waals surface area contributed by atoms with Gasteiger partial charge >= 0.3 is 0 Å². The number of amides is 1. The fraction of sp³-hybridized carbons (Fsp3) is 0.533. The van der Waals surface area contributed by atoms with Gasteiger partial charge in [-0.25, -0.2) is 0 Å². The number of para-hydroxylation sites is 1. The maximum atomic E-state index is 12.0. The molecule has 1 saturated heterocycles. The first kappa shape index (κ1) is 14.5. The number of ether oxygens (including phenoxy) is 1. The minimum Gasteiger partial charge on any atom is -0.491 e. The van der Waals surface area contributed by atoms with Gasteiger partial charge in [0.25, 0.3) is 0 Å². The molecule has 110 valence electrons. The van der Waals surface area contributed by atoms with Gasteiger partial charge < -0.3 is 20.3 Å². The number of anilines is 2. The maximum absolute atomic E-state index is 12.0. The van der Waals surface area contributed by atoms with Crippen LogP contribution in [-0.2, 0) is 4.79 Å². The van der Waals surface area contributed by atoms with Crippen LogP contribution < -0.4 is 15.4 Å². The summed E-state index contributed by atoms with van der Waals surface area (Å²) in [4.78, 5) is 15.8. The molecule has 0 unspecified atom stereocenters. The number of benzene rings is 1. The minimum absolute atomic E-state index is 0.127. The lowest BCUT2D eigenvalue weighted by molar-refractivity contribution is -0.127. The monoisotopic (exact) mass is 277 g/mol. The first-order valence-corrected chi connectivity index (χ1v) is 7.13. The quantitative estimate of drug-likeness (QED) is 0.851. The van der Waals surface area contributed by atoms with Crippen LogP contribution in [-0.4, -0.2) is 44.1 Å².